The third-order valence-corrected chi connectivity index (χ3v) is 7.63. The van der Waals surface area contributed by atoms with E-state index in [1.807, 2.05) is 0 Å². The summed E-state index contributed by atoms with van der Waals surface area (Å²) in [7, 11) is -8.12. The molecule has 20 heavy (non-hydrogen) atoms. The molecule has 4 bridgehead atoms. The van der Waals surface area contributed by atoms with Crippen LogP contribution in [-0.4, -0.2) is 21.6 Å². The zero-order valence-corrected chi connectivity index (χ0v) is 13.7. The van der Waals surface area contributed by atoms with Gasteiger partial charge in [0.05, 0.1) is 11.5 Å². The summed E-state index contributed by atoms with van der Waals surface area (Å²) in [5.41, 5.74) is -0.355. The van der Waals surface area contributed by atoms with Crippen LogP contribution in [-0.2, 0) is 36.3 Å². The highest BCUT2D eigenvalue weighted by atomic mass is 35.5. The molecule has 0 aliphatic carbocycles. The molecule has 0 spiro atoms. The Bertz CT molecular complexity index is 643. The van der Waals surface area contributed by atoms with Crippen LogP contribution in [0.3, 0.4) is 0 Å². The van der Waals surface area contributed by atoms with E-state index in [1.165, 1.54) is 0 Å². The molecule has 0 aromatic carbocycles. The largest absolute Gasteiger partial charge is 0.486 e. The summed E-state index contributed by atoms with van der Waals surface area (Å²) in [6.07, 6.45) is 0. The molecular formula is C6H2Cl4O8P2. The summed E-state index contributed by atoms with van der Waals surface area (Å²) >= 11 is 23.8. The third-order valence-electron chi connectivity index (χ3n) is 2.77. The van der Waals surface area contributed by atoms with Crippen LogP contribution in [0.4, 0.5) is 0 Å². The molecular weight excluding hydrogens is 404 g/mol. The maximum Gasteiger partial charge on any atom is 0.486 e. The van der Waals surface area contributed by atoms with Gasteiger partial charge in [0.15, 0.2) is 0 Å². The molecule has 0 amide bonds. The van der Waals surface area contributed by atoms with Gasteiger partial charge in [0, 0.05) is 5.57 Å². The van der Waals surface area contributed by atoms with Crippen LogP contribution in [0.1, 0.15) is 0 Å². The van der Waals surface area contributed by atoms with Crippen molar-refractivity contribution >= 4 is 62.0 Å². The lowest BCUT2D eigenvalue weighted by Gasteiger charge is -2.51. The second kappa shape index (κ2) is 3.78. The fraction of sp³-hybridized carbons (Fsp3) is 0.667. The lowest BCUT2D eigenvalue weighted by atomic mass is 10.1. The Morgan fingerprint density at radius 3 is 1.50 bits per heavy atom. The van der Waals surface area contributed by atoms with E-state index >= 15 is 0 Å². The van der Waals surface area contributed by atoms with Gasteiger partial charge in [-0.15, -0.1) is 11.6 Å². The van der Waals surface area contributed by atoms with E-state index in [0.717, 1.165) is 0 Å². The van der Waals surface area contributed by atoms with E-state index in [2.05, 4.69) is 0 Å². The van der Waals surface area contributed by atoms with Crippen molar-refractivity contribution < 1.29 is 36.3 Å². The number of hydrogen-bond acceptors (Lipinski definition) is 8. The molecule has 0 aromatic heterocycles. The van der Waals surface area contributed by atoms with Crippen molar-refractivity contribution in [3.63, 3.8) is 0 Å². The zero-order chi connectivity index (χ0) is 14.6. The van der Waals surface area contributed by atoms with Gasteiger partial charge < -0.3 is 0 Å². The van der Waals surface area contributed by atoms with Crippen LogP contribution in [0.2, 0.25) is 0 Å². The van der Waals surface area contributed by atoms with Crippen LogP contribution < -0.4 is 0 Å². The average molecular weight is 406 g/mol. The van der Waals surface area contributed by atoms with Gasteiger partial charge in [0.25, 0.3) is 15.7 Å². The van der Waals surface area contributed by atoms with Crippen molar-refractivity contribution in [2.75, 3.05) is 5.88 Å². The van der Waals surface area contributed by atoms with Crippen LogP contribution >= 0.6 is 62.0 Å². The Balaban J connectivity index is 1.98. The van der Waals surface area contributed by atoms with E-state index < -0.39 is 31.4 Å². The lowest BCUT2D eigenvalue weighted by molar-refractivity contribution is -0.223. The van der Waals surface area contributed by atoms with E-state index in [0.29, 0.717) is 0 Å². The predicted molar refractivity (Wildman–Crippen MR) is 65.2 cm³/mol. The van der Waals surface area contributed by atoms with Crippen LogP contribution in [0, 0.1) is 0 Å². The van der Waals surface area contributed by atoms with Gasteiger partial charge in [0.2, 0.25) is 0 Å². The molecule has 0 radical (unpaired) electrons. The molecule has 0 aromatic rings. The summed E-state index contributed by atoms with van der Waals surface area (Å²) in [5, 5.41) is -6.43. The normalized spacial score (nSPS) is 60.2. The highest BCUT2D eigenvalue weighted by molar-refractivity contribution is 7.51. The minimum atomic E-state index is -4.10. The van der Waals surface area contributed by atoms with Gasteiger partial charge in [-0.3, -0.25) is 0 Å². The number of rotatable bonds is 1. The van der Waals surface area contributed by atoms with Crippen molar-refractivity contribution in [2.45, 2.75) is 15.7 Å². The summed E-state index contributed by atoms with van der Waals surface area (Å²) in [4.78, 5) is 0. The SMILES string of the molecule is O=P12OC(Cl)(O1)C(CCl)=C1C(Cl)(O2)OP2(=O)OC1(Cl)O2. The van der Waals surface area contributed by atoms with Gasteiger partial charge in [-0.1, -0.05) is 34.8 Å². The van der Waals surface area contributed by atoms with Crippen LogP contribution in [0.15, 0.2) is 11.1 Å². The monoisotopic (exact) mass is 404 g/mol. The molecule has 6 aliphatic rings. The number of phosphoric acid groups is 2. The zero-order valence-electron chi connectivity index (χ0n) is 8.88. The molecule has 0 N–H and O–H groups in total. The topological polar surface area (TPSA) is 89.5 Å². The molecule has 1 atom stereocenters. The van der Waals surface area contributed by atoms with Crippen molar-refractivity contribution in [2.24, 2.45) is 0 Å². The molecule has 4 fully saturated rings. The third kappa shape index (κ3) is 1.68. The highest BCUT2D eigenvalue weighted by Crippen LogP contribution is 2.83. The second-order valence-corrected chi connectivity index (χ2v) is 8.68. The van der Waals surface area contributed by atoms with Gasteiger partial charge in [-0.2, -0.15) is 0 Å². The van der Waals surface area contributed by atoms with E-state index in [1.54, 1.807) is 0 Å². The standard InChI is InChI=1S/C6H2Cl4O8P2/c7-1-2-3-5(9,15-19(11)13-4(2,8)14-19)16-20(12)17-6(3,10)18-20/h1H2. The predicted octanol–water partition coefficient (Wildman–Crippen LogP) is 3.57. The van der Waals surface area contributed by atoms with Crippen molar-refractivity contribution in [3.05, 3.63) is 11.1 Å². The quantitative estimate of drug-likeness (QED) is 0.371. The number of halogens is 4. The Morgan fingerprint density at radius 1 is 0.800 bits per heavy atom. The molecule has 6 rings (SSSR count). The second-order valence-electron chi connectivity index (χ2n) is 4.04. The average Bonchev–Trinajstić information content (AvgIpc) is 2.28. The van der Waals surface area contributed by atoms with Crippen molar-refractivity contribution in [1.82, 2.24) is 0 Å². The number of hydrogen-bond donors (Lipinski definition) is 0. The van der Waals surface area contributed by atoms with Crippen molar-refractivity contribution in [1.29, 1.82) is 0 Å². The summed E-state index contributed by atoms with van der Waals surface area (Å²) in [6.45, 7) is 0. The van der Waals surface area contributed by atoms with Gasteiger partial charge in [-0.05, 0) is 0 Å². The maximum atomic E-state index is 12.0. The fourth-order valence-corrected chi connectivity index (χ4v) is 7.30. The van der Waals surface area contributed by atoms with Crippen LogP contribution in [0.5, 0.6) is 0 Å². The minimum absolute atomic E-state index is 0.0826. The Kier molecular flexibility index (Phi) is 2.78. The van der Waals surface area contributed by atoms with E-state index in [4.69, 9.17) is 73.5 Å². The van der Waals surface area contributed by atoms with Gasteiger partial charge in [0.1, 0.15) is 0 Å². The first kappa shape index (κ1) is 14.7. The molecule has 0 saturated carbocycles. The lowest BCUT2D eigenvalue weighted by Crippen LogP contribution is -2.55. The molecule has 112 valence electrons. The molecule has 8 nitrogen and oxygen atoms in total. The maximum absolute atomic E-state index is 12.0. The first-order valence-corrected chi connectivity index (χ1v) is 9.46. The molecule has 4 saturated heterocycles. The van der Waals surface area contributed by atoms with Gasteiger partial charge in [-0.25, -0.2) is 36.3 Å². The van der Waals surface area contributed by atoms with Gasteiger partial charge >= 0.3 is 15.6 Å². The Labute approximate surface area is 131 Å². The number of alkyl halides is 4. The molecule has 14 heteroatoms. The Hall–Kier alpha value is 1.12. The minimum Gasteiger partial charge on any atom is -0.234 e. The summed E-state index contributed by atoms with van der Waals surface area (Å²) < 4.78 is 53.1. The first-order valence-electron chi connectivity index (χ1n) is 4.87. The fourth-order valence-electron chi connectivity index (χ4n) is 2.10. The number of phosphoric ester groups is 2. The van der Waals surface area contributed by atoms with E-state index in [-0.39, 0.29) is 17.0 Å². The highest BCUT2D eigenvalue weighted by Gasteiger charge is 2.79. The van der Waals surface area contributed by atoms with E-state index in [9.17, 15) is 9.13 Å². The molecule has 1 unspecified atom stereocenters. The van der Waals surface area contributed by atoms with Crippen LogP contribution in [0.25, 0.3) is 0 Å². The summed E-state index contributed by atoms with van der Waals surface area (Å²) in [6, 6.07) is 0. The molecule has 6 heterocycles. The first-order chi connectivity index (χ1) is 9.06. The molecule has 6 aliphatic heterocycles. The smallest absolute Gasteiger partial charge is 0.234 e. The Morgan fingerprint density at radius 2 is 1.15 bits per heavy atom. The summed E-state index contributed by atoms with van der Waals surface area (Å²) in [5.74, 6) is -0.314. The van der Waals surface area contributed by atoms with Crippen molar-refractivity contribution in [3.8, 4) is 0 Å².